The van der Waals surface area contributed by atoms with Gasteiger partial charge < -0.3 is 92.5 Å². The number of rotatable bonds is 42. The van der Waals surface area contributed by atoms with E-state index in [4.69, 9.17) is 40.1 Å². The summed E-state index contributed by atoms with van der Waals surface area (Å²) in [5, 5.41) is 21.1. The third kappa shape index (κ3) is 27.5. The zero-order chi connectivity index (χ0) is 70.1. The van der Waals surface area contributed by atoms with E-state index >= 15 is 0 Å². The Morgan fingerprint density at radius 1 is 0.537 bits per heavy atom. The van der Waals surface area contributed by atoms with E-state index < -0.39 is 169 Å². The Balaban J connectivity index is 1.56. The van der Waals surface area contributed by atoms with Crippen molar-refractivity contribution in [1.82, 2.24) is 52.3 Å². The van der Waals surface area contributed by atoms with Crippen LogP contribution in [-0.4, -0.2) is 198 Å². The predicted molar refractivity (Wildman–Crippen MR) is 356 cm³/mol. The number of unbranched alkanes of at least 4 members (excludes halogenated alkanes) is 1. The maximum absolute atomic E-state index is 14.7. The Labute approximate surface area is 558 Å². The van der Waals surface area contributed by atoms with Crippen molar-refractivity contribution < 1.29 is 62.3 Å². The first-order chi connectivity index (χ1) is 45.2. The van der Waals surface area contributed by atoms with Crippen LogP contribution < -0.4 is 82.7 Å². The second-order valence-electron chi connectivity index (χ2n) is 24.1. The monoisotopic (exact) mass is 1350 g/mol. The molecule has 0 aromatic heterocycles. The zero-order valence-corrected chi connectivity index (χ0v) is 55.3. The molecule has 0 radical (unpaired) electrons. The molecular formula is C63H98N18O13S. The van der Waals surface area contributed by atoms with Crippen molar-refractivity contribution in [1.29, 1.82) is 0 Å². The van der Waals surface area contributed by atoms with Crippen molar-refractivity contribution in [2.45, 2.75) is 183 Å². The number of amides is 13. The summed E-state index contributed by atoms with van der Waals surface area (Å²) < 4.78 is 0. The average molecular weight is 1350 g/mol. The number of carbonyl (C=O) groups is 13. The number of nitrogens with one attached hydrogen (secondary N) is 8. The minimum Gasteiger partial charge on any atom is -0.370 e. The van der Waals surface area contributed by atoms with Gasteiger partial charge in [0.2, 0.25) is 76.8 Å². The Kier molecular flexibility index (Phi) is 33.9. The second kappa shape index (κ2) is 41.0. The summed E-state index contributed by atoms with van der Waals surface area (Å²) in [5.74, 6) is -9.80. The minimum absolute atomic E-state index is 0.0736. The predicted octanol–water partition coefficient (Wildman–Crippen LogP) is -3.71. The number of carbonyl (C=O) groups excluding carboxylic acids is 13. The Morgan fingerprint density at radius 2 is 1.01 bits per heavy atom. The van der Waals surface area contributed by atoms with Gasteiger partial charge in [0.05, 0.1) is 12.6 Å². The van der Waals surface area contributed by atoms with Crippen LogP contribution >= 0.6 is 11.8 Å². The Bertz CT molecular complexity index is 2960. The summed E-state index contributed by atoms with van der Waals surface area (Å²) in [7, 11) is 0. The summed E-state index contributed by atoms with van der Waals surface area (Å²) in [6.07, 6.45) is 3.12. The van der Waals surface area contributed by atoms with Crippen LogP contribution in [0.25, 0.3) is 0 Å². The van der Waals surface area contributed by atoms with Gasteiger partial charge in [-0.15, -0.1) is 0 Å². The molecule has 2 aromatic carbocycles. The van der Waals surface area contributed by atoms with E-state index in [9.17, 15) is 62.3 Å². The fourth-order valence-corrected chi connectivity index (χ4v) is 11.5. The van der Waals surface area contributed by atoms with Gasteiger partial charge in [-0.3, -0.25) is 67.3 Å². The van der Waals surface area contributed by atoms with Crippen LogP contribution in [0.4, 0.5) is 0 Å². The highest BCUT2D eigenvalue weighted by molar-refractivity contribution is 7.98. The number of aliphatic imine (C=N–C) groups is 1. The number of primary amides is 3. The molecule has 0 spiro atoms. The number of benzene rings is 2. The van der Waals surface area contributed by atoms with Crippen molar-refractivity contribution in [3.63, 3.8) is 0 Å². The molecule has 2 aliphatic heterocycles. The first-order valence-electron chi connectivity index (χ1n) is 32.2. The van der Waals surface area contributed by atoms with Gasteiger partial charge in [0.15, 0.2) is 5.96 Å². The quantitative estimate of drug-likeness (QED) is 0.0173. The number of hydrogen-bond donors (Lipinski definition) is 15. The molecule has 10 atom stereocenters. The maximum atomic E-state index is 14.7. The topological polar surface area (TPSA) is 519 Å². The highest BCUT2D eigenvalue weighted by Crippen LogP contribution is 2.24. The number of thioether (sulfide) groups is 1. The summed E-state index contributed by atoms with van der Waals surface area (Å²) >= 11 is 1.45. The molecular weight excluding hydrogens is 1250 g/mol. The van der Waals surface area contributed by atoms with E-state index in [1.807, 2.05) is 20.1 Å². The van der Waals surface area contributed by atoms with Crippen LogP contribution in [0.15, 0.2) is 65.7 Å². The Morgan fingerprint density at radius 3 is 1.51 bits per heavy atom. The van der Waals surface area contributed by atoms with Crippen LogP contribution in [0.2, 0.25) is 0 Å². The maximum Gasteiger partial charge on any atom is 0.245 e. The highest BCUT2D eigenvalue weighted by Gasteiger charge is 2.42. The van der Waals surface area contributed by atoms with E-state index in [2.05, 4.69) is 47.5 Å². The summed E-state index contributed by atoms with van der Waals surface area (Å²) in [6, 6.07) is 4.51. The van der Waals surface area contributed by atoms with Gasteiger partial charge in [0.25, 0.3) is 0 Å². The van der Waals surface area contributed by atoms with E-state index in [-0.39, 0.29) is 83.0 Å². The molecule has 95 heavy (non-hydrogen) atoms. The van der Waals surface area contributed by atoms with Gasteiger partial charge in [-0.1, -0.05) is 74.5 Å². The van der Waals surface area contributed by atoms with Gasteiger partial charge in [-0.2, -0.15) is 11.8 Å². The van der Waals surface area contributed by atoms with E-state index in [0.29, 0.717) is 55.4 Å². The van der Waals surface area contributed by atoms with Crippen LogP contribution in [0.5, 0.6) is 0 Å². The molecule has 13 amide bonds. The number of hydrogen-bond acceptors (Lipinski definition) is 17. The van der Waals surface area contributed by atoms with Gasteiger partial charge >= 0.3 is 0 Å². The first kappa shape index (κ1) is 78.5. The number of likely N-dealkylation sites (tertiary alicyclic amines) is 2. The molecule has 32 heteroatoms. The summed E-state index contributed by atoms with van der Waals surface area (Å²) in [5.41, 5.74) is 40.6. The molecule has 2 saturated heterocycles. The van der Waals surface area contributed by atoms with Crippen LogP contribution in [0.1, 0.15) is 121 Å². The van der Waals surface area contributed by atoms with Gasteiger partial charge in [0, 0.05) is 45.3 Å². The molecule has 31 nitrogen and oxygen atoms in total. The number of nitrogens with zero attached hydrogens (tertiary/aromatic N) is 3. The lowest BCUT2D eigenvalue weighted by Gasteiger charge is -2.32. The largest absolute Gasteiger partial charge is 0.370 e. The van der Waals surface area contributed by atoms with E-state index in [1.165, 1.54) is 21.6 Å². The average Bonchev–Trinajstić information content (AvgIpc) is 1.74. The molecule has 0 saturated carbocycles. The van der Waals surface area contributed by atoms with Crippen molar-refractivity contribution in [2.24, 2.45) is 51.0 Å². The third-order valence-corrected chi connectivity index (χ3v) is 16.7. The van der Waals surface area contributed by atoms with Gasteiger partial charge in [-0.25, -0.2) is 0 Å². The minimum atomic E-state index is -1.64. The van der Waals surface area contributed by atoms with Crippen LogP contribution in [-0.2, 0) is 75.2 Å². The third-order valence-electron chi connectivity index (χ3n) is 16.0. The van der Waals surface area contributed by atoms with Crippen molar-refractivity contribution in [3.05, 3.63) is 71.8 Å². The molecule has 0 unspecified atom stereocenters. The van der Waals surface area contributed by atoms with Gasteiger partial charge in [0.1, 0.15) is 54.4 Å². The van der Waals surface area contributed by atoms with Crippen LogP contribution in [0.3, 0.4) is 0 Å². The summed E-state index contributed by atoms with van der Waals surface area (Å²) in [6.45, 7) is 3.86. The molecule has 4 rings (SSSR count). The van der Waals surface area contributed by atoms with E-state index in [0.717, 1.165) is 0 Å². The highest BCUT2D eigenvalue weighted by atomic mass is 32.2. The zero-order valence-electron chi connectivity index (χ0n) is 54.5. The van der Waals surface area contributed by atoms with Crippen molar-refractivity contribution in [3.8, 4) is 0 Å². The van der Waals surface area contributed by atoms with E-state index in [1.54, 1.807) is 60.7 Å². The molecule has 2 aromatic rings. The number of guanidine groups is 1. The fourth-order valence-electron chi connectivity index (χ4n) is 11.0. The molecule has 2 fully saturated rings. The lowest BCUT2D eigenvalue weighted by Crippen LogP contribution is -2.60. The van der Waals surface area contributed by atoms with Crippen LogP contribution in [0, 0.1) is 5.92 Å². The SMILES string of the molecule is CSCC[C@H](NC(=O)[C@H](CC(C)C)NC(=O)CNC(=O)[C@H](Cc1ccccc1)NC(=O)[C@@H](Cc1ccccc1)NC(=O)[C@@H](CCC(N)=O)NC(=O)[C@@H](CCC(N)=O)NC(=O)[C@@H]1CCCN1C(=O)[C@H](CCCCN)NC(=O)[C@@H]1CCCN1C(=O)[C@H](N)CCCN=C(N)N)C(N)=O. The molecule has 2 heterocycles. The Hall–Kier alpha value is -8.91. The van der Waals surface area contributed by atoms with Crippen molar-refractivity contribution >= 4 is 94.5 Å². The first-order valence-corrected chi connectivity index (χ1v) is 33.6. The fraction of sp³-hybridized carbons (Fsp3) is 0.587. The molecule has 2 aliphatic rings. The lowest BCUT2D eigenvalue weighted by molar-refractivity contribution is -0.144. The number of nitrogens with two attached hydrogens (primary N) is 7. The normalized spacial score (nSPS) is 16.8. The van der Waals surface area contributed by atoms with Crippen molar-refractivity contribution in [2.75, 3.05) is 44.7 Å². The lowest BCUT2D eigenvalue weighted by atomic mass is 10.0. The molecule has 0 bridgehead atoms. The second-order valence-corrected chi connectivity index (χ2v) is 25.1. The standard InChI is InChI=1S/C63H98N18O13S/c1-37(2)33-45(57(89)74-41(53(68)85)27-32-95-3)73-52(84)36-72-54(86)46(34-38-15-6-4-7-16-38)78-58(90)47(35-39-17-8-5-9-18-39)79-56(88)42(23-25-50(66)82)75-55(87)43(24-26-51(67)83)76-59(91)49-22-14-31-81(49)62(94)44(20-10-11-28-64)77-60(92)48-21-13-30-80(48)61(93)40(65)19-12-29-71-63(69)70/h4-9,15-18,37,40-49H,10-14,19-36,64-65H2,1-3H3,(H2,66,82)(H2,67,83)(H2,68,85)(H,72,86)(H,73,84)(H,74,89)(H,75,87)(H,76,91)(H,77,92)(H,78,90)(H,79,88)(H4,69,70,71)/t40-,41+,42-,43-,44+,45+,46+,47-,48+,49+/m1/s1. The molecule has 524 valence electrons. The molecule has 22 N–H and O–H groups in total. The van der Waals surface area contributed by atoms with Gasteiger partial charge in [-0.05, 0) is 119 Å². The molecule has 0 aliphatic carbocycles. The smallest absolute Gasteiger partial charge is 0.245 e. The summed E-state index contributed by atoms with van der Waals surface area (Å²) in [4.78, 5) is 185.